The highest BCUT2D eigenvalue weighted by Crippen LogP contribution is 2.44. The van der Waals surface area contributed by atoms with Gasteiger partial charge < -0.3 is 19.5 Å². The zero-order valence-corrected chi connectivity index (χ0v) is 20.3. The molecule has 4 nitrogen and oxygen atoms in total. The fraction of sp³-hybridized carbons (Fsp3) is 0.556. The third kappa shape index (κ3) is 5.59. The van der Waals surface area contributed by atoms with Crippen LogP contribution in [0.5, 0.6) is 5.75 Å². The number of methoxy groups -OCH3 is 1. The van der Waals surface area contributed by atoms with E-state index in [0.717, 1.165) is 46.5 Å². The van der Waals surface area contributed by atoms with E-state index < -0.39 is 5.60 Å². The highest BCUT2D eigenvalue weighted by molar-refractivity contribution is 6.30. The monoisotopic (exact) mass is 457 g/mol. The van der Waals surface area contributed by atoms with Gasteiger partial charge in [-0.1, -0.05) is 55.8 Å². The zero-order chi connectivity index (χ0) is 22.6. The van der Waals surface area contributed by atoms with E-state index in [1.54, 1.807) is 7.11 Å². The minimum atomic E-state index is -0.465. The van der Waals surface area contributed by atoms with Crippen molar-refractivity contribution in [2.45, 2.75) is 76.7 Å². The Morgan fingerprint density at radius 3 is 2.66 bits per heavy atom. The third-order valence-corrected chi connectivity index (χ3v) is 7.07. The van der Waals surface area contributed by atoms with E-state index in [1.165, 1.54) is 32.1 Å². The molecule has 1 aliphatic carbocycles. The second-order valence-electron chi connectivity index (χ2n) is 9.68. The van der Waals surface area contributed by atoms with Crippen LogP contribution in [0, 0.1) is 5.92 Å². The second-order valence-corrected chi connectivity index (χ2v) is 10.1. The summed E-state index contributed by atoms with van der Waals surface area (Å²) in [7, 11) is 1.75. The molecule has 2 aromatic rings. The number of hydrogen-bond acceptors (Lipinski definition) is 4. The number of halogens is 1. The van der Waals surface area contributed by atoms with Crippen LogP contribution in [0.2, 0.25) is 5.02 Å². The maximum Gasteiger partial charge on any atom is 0.132 e. The van der Waals surface area contributed by atoms with Gasteiger partial charge in [0.15, 0.2) is 0 Å². The smallest absolute Gasteiger partial charge is 0.132 e. The first kappa shape index (κ1) is 23.4. The molecular formula is C27H36ClNO3. The summed E-state index contributed by atoms with van der Waals surface area (Å²) >= 11 is 6.13. The van der Waals surface area contributed by atoms with E-state index in [4.69, 9.17) is 25.8 Å². The lowest BCUT2D eigenvalue weighted by molar-refractivity contribution is -0.151. The molecule has 2 atom stereocenters. The first-order valence-electron chi connectivity index (χ1n) is 11.9. The van der Waals surface area contributed by atoms with Crippen LogP contribution in [0.1, 0.15) is 69.6 Å². The van der Waals surface area contributed by atoms with Crippen LogP contribution in [-0.4, -0.2) is 25.4 Å². The predicted octanol–water partition coefficient (Wildman–Crippen LogP) is 7.17. The van der Waals surface area contributed by atoms with Crippen LogP contribution in [0.3, 0.4) is 0 Å². The van der Waals surface area contributed by atoms with Crippen molar-refractivity contribution >= 4 is 17.3 Å². The standard InChI is InChI=1S/C27H36ClNO3/c1-27(2)26(30-3)25(31-15-14-19-8-5-4-6-9-19)23-17-22(12-13-24(23)32-27)29-18-20-10-7-11-21(28)16-20/h7,10-13,16-17,19,25-26,29H,4-6,8-9,14-15,18H2,1-3H3. The minimum Gasteiger partial charge on any atom is -0.485 e. The maximum atomic E-state index is 6.53. The van der Waals surface area contributed by atoms with Crippen LogP contribution < -0.4 is 10.1 Å². The minimum absolute atomic E-state index is 0.157. The van der Waals surface area contributed by atoms with Crippen molar-refractivity contribution in [3.63, 3.8) is 0 Å². The van der Waals surface area contributed by atoms with Crippen molar-refractivity contribution in [1.82, 2.24) is 0 Å². The van der Waals surface area contributed by atoms with Gasteiger partial charge in [-0.2, -0.15) is 0 Å². The summed E-state index contributed by atoms with van der Waals surface area (Å²) in [6.07, 6.45) is 7.57. The molecule has 0 radical (unpaired) electrons. The van der Waals surface area contributed by atoms with E-state index in [0.29, 0.717) is 6.54 Å². The number of anilines is 1. The average molecular weight is 458 g/mol. The SMILES string of the molecule is COC1C(OCCC2CCCCC2)c2cc(NCc3cccc(Cl)c3)ccc2OC1(C)C. The molecule has 32 heavy (non-hydrogen) atoms. The fourth-order valence-electron chi connectivity index (χ4n) is 5.12. The largest absolute Gasteiger partial charge is 0.485 e. The average Bonchev–Trinajstić information content (AvgIpc) is 2.78. The van der Waals surface area contributed by atoms with Crippen LogP contribution in [0.15, 0.2) is 42.5 Å². The van der Waals surface area contributed by atoms with Crippen LogP contribution in [-0.2, 0) is 16.0 Å². The van der Waals surface area contributed by atoms with Gasteiger partial charge in [0.1, 0.15) is 23.6 Å². The number of ether oxygens (including phenoxy) is 3. The summed E-state index contributed by atoms with van der Waals surface area (Å²) in [4.78, 5) is 0. The van der Waals surface area contributed by atoms with E-state index in [1.807, 2.05) is 24.3 Å². The fourth-order valence-corrected chi connectivity index (χ4v) is 5.33. The normalized spacial score (nSPS) is 22.8. The van der Waals surface area contributed by atoms with Gasteiger partial charge in [0.25, 0.3) is 0 Å². The van der Waals surface area contributed by atoms with Crippen LogP contribution >= 0.6 is 11.6 Å². The van der Waals surface area contributed by atoms with Crippen molar-refractivity contribution in [2.24, 2.45) is 5.92 Å². The van der Waals surface area contributed by atoms with Gasteiger partial charge in [-0.15, -0.1) is 0 Å². The highest BCUT2D eigenvalue weighted by atomic mass is 35.5. The summed E-state index contributed by atoms with van der Waals surface area (Å²) in [5.74, 6) is 1.67. The molecule has 2 unspecified atom stereocenters. The molecule has 0 spiro atoms. The van der Waals surface area contributed by atoms with Gasteiger partial charge in [0.05, 0.1) is 0 Å². The molecule has 1 N–H and O–H groups in total. The van der Waals surface area contributed by atoms with Gasteiger partial charge in [-0.05, 0) is 62.1 Å². The lowest BCUT2D eigenvalue weighted by Gasteiger charge is -2.44. The summed E-state index contributed by atoms with van der Waals surface area (Å²) in [5, 5.41) is 4.26. The third-order valence-electron chi connectivity index (χ3n) is 6.84. The molecule has 5 heteroatoms. The van der Waals surface area contributed by atoms with Crippen molar-refractivity contribution in [2.75, 3.05) is 19.0 Å². The summed E-state index contributed by atoms with van der Waals surface area (Å²) in [6.45, 7) is 5.61. The first-order chi connectivity index (χ1) is 15.5. The number of benzene rings is 2. The molecule has 0 saturated heterocycles. The molecule has 1 heterocycles. The Hall–Kier alpha value is -1.75. The van der Waals surface area contributed by atoms with Gasteiger partial charge in [-0.25, -0.2) is 0 Å². The molecule has 1 aliphatic heterocycles. The molecule has 1 fully saturated rings. The molecule has 174 valence electrons. The Balaban J connectivity index is 1.49. The van der Waals surface area contributed by atoms with Crippen LogP contribution in [0.25, 0.3) is 0 Å². The van der Waals surface area contributed by atoms with Crippen molar-refractivity contribution in [3.8, 4) is 5.75 Å². The summed E-state index contributed by atoms with van der Waals surface area (Å²) < 4.78 is 18.8. The molecule has 2 aromatic carbocycles. The van der Waals surface area contributed by atoms with Gasteiger partial charge in [-0.3, -0.25) is 0 Å². The van der Waals surface area contributed by atoms with Gasteiger partial charge >= 0.3 is 0 Å². The van der Waals surface area contributed by atoms with Crippen molar-refractivity contribution < 1.29 is 14.2 Å². The maximum absolute atomic E-state index is 6.53. The van der Waals surface area contributed by atoms with Crippen molar-refractivity contribution in [3.05, 3.63) is 58.6 Å². The first-order valence-corrected chi connectivity index (χ1v) is 12.3. The van der Waals surface area contributed by atoms with E-state index in [2.05, 4.69) is 37.4 Å². The Labute approximate surface area is 197 Å². The lowest BCUT2D eigenvalue weighted by atomic mass is 9.86. The highest BCUT2D eigenvalue weighted by Gasteiger charge is 2.45. The second kappa shape index (κ2) is 10.5. The molecule has 0 amide bonds. The molecule has 1 saturated carbocycles. The van der Waals surface area contributed by atoms with Gasteiger partial charge in [0, 0.05) is 36.5 Å². The van der Waals surface area contributed by atoms with E-state index in [9.17, 15) is 0 Å². The Morgan fingerprint density at radius 1 is 1.09 bits per heavy atom. The molecule has 2 aliphatic rings. The molecular weight excluding hydrogens is 422 g/mol. The zero-order valence-electron chi connectivity index (χ0n) is 19.5. The number of fused-ring (bicyclic) bond motifs is 1. The molecule has 0 bridgehead atoms. The predicted molar refractivity (Wildman–Crippen MR) is 131 cm³/mol. The number of hydrogen-bond donors (Lipinski definition) is 1. The quantitative estimate of drug-likeness (QED) is 0.456. The van der Waals surface area contributed by atoms with Gasteiger partial charge in [0.2, 0.25) is 0 Å². The number of nitrogens with one attached hydrogen (secondary N) is 1. The molecule has 0 aromatic heterocycles. The Morgan fingerprint density at radius 2 is 1.91 bits per heavy atom. The summed E-state index contributed by atoms with van der Waals surface area (Å²) in [6, 6.07) is 14.2. The summed E-state index contributed by atoms with van der Waals surface area (Å²) in [5.41, 5.74) is 2.76. The lowest BCUT2D eigenvalue weighted by Crippen LogP contribution is -2.50. The Bertz CT molecular complexity index is 894. The molecule has 4 rings (SSSR count). The van der Waals surface area contributed by atoms with E-state index in [-0.39, 0.29) is 12.2 Å². The number of rotatable bonds is 8. The Kier molecular flexibility index (Phi) is 7.65. The van der Waals surface area contributed by atoms with Crippen molar-refractivity contribution in [1.29, 1.82) is 0 Å². The topological polar surface area (TPSA) is 39.7 Å². The van der Waals surface area contributed by atoms with Crippen LogP contribution in [0.4, 0.5) is 5.69 Å². The van der Waals surface area contributed by atoms with E-state index >= 15 is 0 Å².